The van der Waals surface area contributed by atoms with Crippen molar-refractivity contribution in [2.24, 2.45) is 0 Å². The van der Waals surface area contributed by atoms with E-state index in [1.54, 1.807) is 6.08 Å². The first-order valence-corrected chi connectivity index (χ1v) is 9.27. The Labute approximate surface area is 164 Å². The lowest BCUT2D eigenvalue weighted by molar-refractivity contribution is -0.132. The number of carbonyl (C=O) groups is 2. The van der Waals surface area contributed by atoms with Crippen molar-refractivity contribution in [2.45, 2.75) is 20.3 Å². The van der Waals surface area contributed by atoms with E-state index in [1.807, 2.05) is 50.2 Å². The summed E-state index contributed by atoms with van der Waals surface area (Å²) in [5.74, 6) is 0.375. The standard InChI is InChI=1S/C22H23NO5/c1-3-27-20-8-6-16(13-21(20)28-4-2)15-5-7-19-18(11-15)12-17(22(25)26)9-10-23(19)14-24/h5-8,11-14H,3-4,9-10H2,1-2H3,(H,25,26). The molecule has 3 rings (SSSR count). The quantitative estimate of drug-likeness (QED) is 0.734. The molecule has 1 heterocycles. The van der Waals surface area contributed by atoms with E-state index in [0.717, 1.165) is 17.5 Å². The number of anilines is 1. The van der Waals surface area contributed by atoms with E-state index in [-0.39, 0.29) is 5.57 Å². The third kappa shape index (κ3) is 4.01. The van der Waals surface area contributed by atoms with E-state index in [0.29, 0.717) is 48.9 Å². The van der Waals surface area contributed by atoms with Crippen LogP contribution in [-0.4, -0.2) is 37.2 Å². The number of nitrogens with zero attached hydrogens (tertiary/aromatic N) is 1. The fraction of sp³-hybridized carbons (Fsp3) is 0.273. The first-order chi connectivity index (χ1) is 13.6. The molecule has 0 saturated heterocycles. The van der Waals surface area contributed by atoms with Gasteiger partial charge in [-0.05, 0) is 67.3 Å². The van der Waals surface area contributed by atoms with Crippen molar-refractivity contribution in [1.29, 1.82) is 0 Å². The summed E-state index contributed by atoms with van der Waals surface area (Å²) >= 11 is 0. The molecule has 2 aromatic rings. The Kier molecular flexibility index (Phi) is 5.99. The van der Waals surface area contributed by atoms with Gasteiger partial charge in [0.25, 0.3) is 0 Å². The molecule has 2 aromatic carbocycles. The average Bonchev–Trinajstić information content (AvgIpc) is 2.88. The number of fused-ring (bicyclic) bond motifs is 1. The van der Waals surface area contributed by atoms with Gasteiger partial charge in [0.05, 0.1) is 18.9 Å². The van der Waals surface area contributed by atoms with Gasteiger partial charge in [0.1, 0.15) is 0 Å². The summed E-state index contributed by atoms with van der Waals surface area (Å²) < 4.78 is 11.3. The molecule has 0 radical (unpaired) electrons. The lowest BCUT2D eigenvalue weighted by Crippen LogP contribution is -2.22. The Bertz CT molecular complexity index is 919. The van der Waals surface area contributed by atoms with Gasteiger partial charge in [-0.2, -0.15) is 0 Å². The number of hydrogen-bond donors (Lipinski definition) is 1. The second-order valence-electron chi connectivity index (χ2n) is 6.32. The van der Waals surface area contributed by atoms with Crippen LogP contribution in [0.4, 0.5) is 5.69 Å². The van der Waals surface area contributed by atoms with Crippen molar-refractivity contribution in [3.05, 3.63) is 47.5 Å². The van der Waals surface area contributed by atoms with E-state index in [2.05, 4.69) is 0 Å². The molecular weight excluding hydrogens is 358 g/mol. The minimum Gasteiger partial charge on any atom is -0.490 e. The number of carboxylic acid groups (broad SMARTS) is 1. The van der Waals surface area contributed by atoms with Gasteiger partial charge in [-0.3, -0.25) is 4.79 Å². The highest BCUT2D eigenvalue weighted by Crippen LogP contribution is 2.36. The number of carboxylic acids is 1. The molecule has 146 valence electrons. The van der Waals surface area contributed by atoms with Crippen LogP contribution in [0, 0.1) is 0 Å². The van der Waals surface area contributed by atoms with Gasteiger partial charge < -0.3 is 19.5 Å². The number of aliphatic carboxylic acids is 1. The van der Waals surface area contributed by atoms with E-state index >= 15 is 0 Å². The summed E-state index contributed by atoms with van der Waals surface area (Å²) in [5.41, 5.74) is 3.50. The first-order valence-electron chi connectivity index (χ1n) is 9.27. The highest BCUT2D eigenvalue weighted by atomic mass is 16.5. The van der Waals surface area contributed by atoms with Crippen LogP contribution in [-0.2, 0) is 9.59 Å². The Morgan fingerprint density at radius 2 is 1.75 bits per heavy atom. The van der Waals surface area contributed by atoms with Crippen LogP contribution in [0.3, 0.4) is 0 Å². The minimum absolute atomic E-state index is 0.282. The fourth-order valence-corrected chi connectivity index (χ4v) is 3.24. The van der Waals surface area contributed by atoms with Crippen molar-refractivity contribution < 1.29 is 24.2 Å². The van der Waals surface area contributed by atoms with Crippen LogP contribution in [0.25, 0.3) is 17.2 Å². The smallest absolute Gasteiger partial charge is 0.331 e. The number of benzene rings is 2. The van der Waals surface area contributed by atoms with Crippen molar-refractivity contribution in [2.75, 3.05) is 24.7 Å². The average molecular weight is 381 g/mol. The molecule has 0 saturated carbocycles. The zero-order valence-corrected chi connectivity index (χ0v) is 16.0. The van der Waals surface area contributed by atoms with Crippen molar-refractivity contribution in [1.82, 2.24) is 0 Å². The van der Waals surface area contributed by atoms with Crippen LogP contribution >= 0.6 is 0 Å². The van der Waals surface area contributed by atoms with Crippen LogP contribution in [0.2, 0.25) is 0 Å². The molecule has 1 N–H and O–H groups in total. The van der Waals surface area contributed by atoms with Gasteiger partial charge in [0.2, 0.25) is 6.41 Å². The summed E-state index contributed by atoms with van der Waals surface area (Å²) in [5, 5.41) is 9.41. The summed E-state index contributed by atoms with van der Waals surface area (Å²) in [6, 6.07) is 11.4. The van der Waals surface area contributed by atoms with E-state index < -0.39 is 5.97 Å². The highest BCUT2D eigenvalue weighted by molar-refractivity contribution is 5.96. The highest BCUT2D eigenvalue weighted by Gasteiger charge is 2.19. The molecule has 0 aromatic heterocycles. The van der Waals surface area contributed by atoms with E-state index in [1.165, 1.54) is 4.90 Å². The normalized spacial score (nSPS) is 13.2. The van der Waals surface area contributed by atoms with Crippen molar-refractivity contribution in [3.63, 3.8) is 0 Å². The molecule has 6 nitrogen and oxygen atoms in total. The monoisotopic (exact) mass is 381 g/mol. The Morgan fingerprint density at radius 3 is 2.43 bits per heavy atom. The summed E-state index contributed by atoms with van der Waals surface area (Å²) in [7, 11) is 0. The van der Waals surface area contributed by atoms with Gasteiger partial charge in [-0.1, -0.05) is 12.1 Å². The minimum atomic E-state index is -0.969. The zero-order valence-electron chi connectivity index (χ0n) is 16.0. The summed E-state index contributed by atoms with van der Waals surface area (Å²) in [4.78, 5) is 24.5. The maximum atomic E-state index is 11.5. The van der Waals surface area contributed by atoms with Crippen molar-refractivity contribution >= 4 is 24.1 Å². The molecule has 0 aliphatic carbocycles. The molecule has 0 spiro atoms. The number of hydrogen-bond acceptors (Lipinski definition) is 4. The molecule has 0 bridgehead atoms. The third-order valence-corrected chi connectivity index (χ3v) is 4.57. The molecular formula is C22H23NO5. The predicted octanol–water partition coefficient (Wildman–Crippen LogP) is 3.99. The topological polar surface area (TPSA) is 76.1 Å². The maximum Gasteiger partial charge on any atom is 0.331 e. The lowest BCUT2D eigenvalue weighted by Gasteiger charge is -2.18. The van der Waals surface area contributed by atoms with Crippen molar-refractivity contribution in [3.8, 4) is 22.6 Å². The maximum absolute atomic E-state index is 11.5. The fourth-order valence-electron chi connectivity index (χ4n) is 3.24. The lowest BCUT2D eigenvalue weighted by atomic mass is 10.00. The molecule has 1 aliphatic heterocycles. The van der Waals surface area contributed by atoms with Crippen LogP contribution in [0.15, 0.2) is 42.0 Å². The van der Waals surface area contributed by atoms with Crippen LogP contribution in [0.5, 0.6) is 11.5 Å². The number of carbonyl (C=O) groups excluding carboxylic acids is 1. The molecule has 0 atom stereocenters. The Hall–Kier alpha value is -3.28. The van der Waals surface area contributed by atoms with Gasteiger partial charge in [-0.15, -0.1) is 0 Å². The SMILES string of the molecule is CCOc1ccc(-c2ccc3c(c2)C=C(C(=O)O)CCN3C=O)cc1OCC. The second kappa shape index (κ2) is 8.61. The molecule has 1 aliphatic rings. The predicted molar refractivity (Wildman–Crippen MR) is 108 cm³/mol. The van der Waals surface area contributed by atoms with Gasteiger partial charge in [-0.25, -0.2) is 4.79 Å². The second-order valence-corrected chi connectivity index (χ2v) is 6.32. The van der Waals surface area contributed by atoms with Gasteiger partial charge >= 0.3 is 5.97 Å². The van der Waals surface area contributed by atoms with Crippen LogP contribution < -0.4 is 14.4 Å². The molecule has 1 amide bonds. The summed E-state index contributed by atoms with van der Waals surface area (Å²) in [6.45, 7) is 5.24. The number of amides is 1. The molecule has 0 unspecified atom stereocenters. The molecule has 28 heavy (non-hydrogen) atoms. The number of ether oxygens (including phenoxy) is 2. The van der Waals surface area contributed by atoms with E-state index in [9.17, 15) is 14.7 Å². The van der Waals surface area contributed by atoms with Gasteiger partial charge in [0.15, 0.2) is 11.5 Å². The van der Waals surface area contributed by atoms with Gasteiger partial charge in [0, 0.05) is 12.1 Å². The largest absolute Gasteiger partial charge is 0.490 e. The molecule has 6 heteroatoms. The Morgan fingerprint density at radius 1 is 1.07 bits per heavy atom. The zero-order chi connectivity index (χ0) is 20.1. The third-order valence-electron chi connectivity index (χ3n) is 4.57. The molecule has 0 fully saturated rings. The van der Waals surface area contributed by atoms with E-state index in [4.69, 9.17) is 9.47 Å². The number of rotatable bonds is 7. The Balaban J connectivity index is 2.07. The summed E-state index contributed by atoms with van der Waals surface area (Å²) in [6.07, 6.45) is 2.68. The first kappa shape index (κ1) is 19.5. The van der Waals surface area contributed by atoms with Crippen LogP contribution in [0.1, 0.15) is 25.8 Å².